The van der Waals surface area contributed by atoms with Gasteiger partial charge >= 0.3 is 0 Å². The van der Waals surface area contributed by atoms with E-state index in [9.17, 15) is 0 Å². The summed E-state index contributed by atoms with van der Waals surface area (Å²) in [5.74, 6) is 7.25. The van der Waals surface area contributed by atoms with Gasteiger partial charge in [-0.3, -0.25) is 0 Å². The van der Waals surface area contributed by atoms with Gasteiger partial charge in [-0.1, -0.05) is 63.7 Å². The summed E-state index contributed by atoms with van der Waals surface area (Å²) < 4.78 is 13.6. The van der Waals surface area contributed by atoms with Crippen molar-refractivity contribution in [3.05, 3.63) is 0 Å². The summed E-state index contributed by atoms with van der Waals surface area (Å²) in [5, 5.41) is 15.1. The maximum atomic E-state index is 8.00. The Kier molecular flexibility index (Phi) is 544. The zero-order valence-electron chi connectivity index (χ0n) is 20.3. The van der Waals surface area contributed by atoms with Crippen LogP contribution in [0, 0.1) is 0 Å². The number of halogens is 4. The fraction of sp³-hybridized carbons (Fsp3) is 0.944. The third kappa shape index (κ3) is 990. The molecule has 0 aromatic rings. The molecule has 0 saturated heterocycles. The summed E-state index contributed by atoms with van der Waals surface area (Å²) in [7, 11) is 5.04. The molecule has 6 nitrogen and oxygen atoms in total. The van der Waals surface area contributed by atoms with Crippen LogP contribution in [0.15, 0.2) is 0 Å². The molecule has 0 atom stereocenters. The molecular weight excluding hydrogens is 632 g/mol. The van der Waals surface area contributed by atoms with E-state index >= 15 is 0 Å². The van der Waals surface area contributed by atoms with Gasteiger partial charge in [-0.25, -0.2) is 0 Å². The van der Waals surface area contributed by atoms with Gasteiger partial charge in [0.15, 0.2) is 0 Å². The molecule has 10 heteroatoms. The Hall–Kier alpha value is 1.39. The maximum Gasteiger partial charge on any atom is 0.106 e. The Balaban J connectivity index is -0.0000000164. The van der Waals surface area contributed by atoms with Crippen molar-refractivity contribution in [2.75, 3.05) is 77.7 Å². The zero-order valence-corrected chi connectivity index (χ0v) is 26.6. The van der Waals surface area contributed by atoms with Crippen LogP contribution < -0.4 is 0 Å². The summed E-state index contributed by atoms with van der Waals surface area (Å²) in [6, 6.07) is 0. The van der Waals surface area contributed by atoms with Gasteiger partial charge in [0.2, 0.25) is 0 Å². The van der Waals surface area contributed by atoms with E-state index in [0.29, 0.717) is 0 Å². The van der Waals surface area contributed by atoms with E-state index < -0.39 is 0 Å². The average Bonchev–Trinajstić information content (AvgIpc) is 2.81. The first-order valence-corrected chi connectivity index (χ1v) is 14.4. The molecule has 0 bridgehead atoms. The Bertz CT molecular complexity index is 75.6. The highest BCUT2D eigenvalue weighted by Gasteiger charge is 1.52. The predicted molar refractivity (Wildman–Crippen MR) is 145 cm³/mol. The number of alkyl halides is 4. The van der Waals surface area contributed by atoms with Gasteiger partial charge in [0, 0.05) is 54.4 Å². The fourth-order valence-corrected chi connectivity index (χ4v) is 0. The molecule has 0 fully saturated rings. The molecule has 0 rings (SSSR count). The highest BCUT2D eigenvalue weighted by atomic mass is 79.9. The lowest BCUT2D eigenvalue weighted by Crippen LogP contribution is -1.73. The van der Waals surface area contributed by atoms with Crippen molar-refractivity contribution in [2.24, 2.45) is 0 Å². The van der Waals surface area contributed by atoms with E-state index in [2.05, 4.69) is 77.9 Å². The third-order valence-corrected chi connectivity index (χ3v) is 0.866. The van der Waals surface area contributed by atoms with Crippen molar-refractivity contribution >= 4 is 70.5 Å². The predicted octanol–water partition coefficient (Wildman–Crippen LogP) is 5.81. The molecule has 0 aromatic heterocycles. The Labute approximate surface area is 211 Å². The highest BCUT2D eigenvalue weighted by Crippen LogP contribution is 1.53. The van der Waals surface area contributed by atoms with Crippen molar-refractivity contribution in [1.82, 2.24) is 0 Å². The summed E-state index contributed by atoms with van der Waals surface area (Å²) in [6.07, 6.45) is 0. The number of aliphatic hydroxyl groups excluding tert-OH is 2. The van der Waals surface area contributed by atoms with E-state index in [1.807, 2.05) is 50.9 Å². The Morgan fingerprint density at radius 1 is 0.536 bits per heavy atom. The van der Waals surface area contributed by atoms with E-state index in [1.54, 1.807) is 35.2 Å². The molecule has 0 amide bonds. The zero-order chi connectivity index (χ0) is 25.7. The van der Waals surface area contributed by atoms with E-state index in [0.717, 1.165) is 19.8 Å². The van der Waals surface area contributed by atoms with Crippen molar-refractivity contribution < 1.29 is 29.2 Å². The van der Waals surface area contributed by atoms with Crippen LogP contribution in [0.2, 0.25) is 0 Å². The molecule has 0 aliphatic heterocycles. The molecule has 0 aliphatic carbocycles. The SMILES string of the molecule is C=O.CBr.CBr.CBr.CBr.CCO.CCO.CCOC.CCOC.CCOC. The highest BCUT2D eigenvalue weighted by molar-refractivity contribution is 9.09. The van der Waals surface area contributed by atoms with Gasteiger partial charge in [0.25, 0.3) is 0 Å². The second-order valence-corrected chi connectivity index (χ2v) is 2.36. The van der Waals surface area contributed by atoms with Gasteiger partial charge in [0.05, 0.1) is 0 Å². The lowest BCUT2D eigenvalue weighted by atomic mass is 10.9. The molecule has 0 radical (unpaired) electrons. The maximum absolute atomic E-state index is 8.00. The second kappa shape index (κ2) is 242. The molecule has 0 saturated carbocycles. The summed E-state index contributed by atoms with van der Waals surface area (Å²) >= 11 is 11.8. The van der Waals surface area contributed by atoms with E-state index in [-0.39, 0.29) is 13.2 Å². The molecule has 0 heterocycles. The van der Waals surface area contributed by atoms with Crippen LogP contribution in [0.5, 0.6) is 0 Å². The monoisotopic (exact) mass is 678 g/mol. The van der Waals surface area contributed by atoms with Crippen LogP contribution in [0.1, 0.15) is 34.6 Å². The standard InChI is InChI=1S/3C3H8O.2C2H6O.4CH3Br.CH2O/c3*1-3-4-2;2*1-2-3;5*1-2/h3*3H2,1-2H3;2*3H,2H2,1H3;4*1H3;1H2. The Morgan fingerprint density at radius 2 is 0.571 bits per heavy atom. The normalized spacial score (nSPS) is 5.50. The fourth-order valence-electron chi connectivity index (χ4n) is 0. The molecule has 28 heavy (non-hydrogen) atoms. The molecule has 0 aliphatic rings. The summed E-state index contributed by atoms with van der Waals surface area (Å²) in [5.41, 5.74) is 0. The summed E-state index contributed by atoms with van der Waals surface area (Å²) in [6.45, 7) is 14.2. The van der Waals surface area contributed by atoms with Crippen LogP contribution in [-0.4, -0.2) is 94.7 Å². The number of rotatable bonds is 3. The number of methoxy groups -OCH3 is 3. The van der Waals surface area contributed by atoms with Crippen LogP contribution in [0.4, 0.5) is 0 Å². The van der Waals surface area contributed by atoms with Gasteiger partial charge in [-0.15, -0.1) is 0 Å². The van der Waals surface area contributed by atoms with Crippen molar-refractivity contribution in [3.8, 4) is 0 Å². The number of hydrogen-bond acceptors (Lipinski definition) is 6. The molecule has 186 valence electrons. The molecule has 0 spiro atoms. The molecule has 2 N–H and O–H groups in total. The average molecular weight is 682 g/mol. The number of carbonyl (C=O) groups is 1. The minimum atomic E-state index is 0.250. The largest absolute Gasteiger partial charge is 0.397 e. The van der Waals surface area contributed by atoms with Crippen molar-refractivity contribution in [2.45, 2.75) is 34.6 Å². The summed E-state index contributed by atoms with van der Waals surface area (Å²) in [4.78, 5) is 8.00. The van der Waals surface area contributed by atoms with Crippen molar-refractivity contribution in [1.29, 1.82) is 0 Å². The second-order valence-electron chi connectivity index (χ2n) is 2.36. The first-order chi connectivity index (χ1) is 13.6. The molecule has 0 aromatic carbocycles. The van der Waals surface area contributed by atoms with Crippen LogP contribution in [0.3, 0.4) is 0 Å². The van der Waals surface area contributed by atoms with Gasteiger partial charge in [0.1, 0.15) is 6.79 Å². The van der Waals surface area contributed by atoms with Gasteiger partial charge in [-0.2, -0.15) is 0 Å². The quantitative estimate of drug-likeness (QED) is 0.366. The van der Waals surface area contributed by atoms with Crippen LogP contribution >= 0.6 is 63.7 Å². The smallest absolute Gasteiger partial charge is 0.106 e. The third-order valence-electron chi connectivity index (χ3n) is 0.866. The van der Waals surface area contributed by atoms with Crippen LogP contribution in [-0.2, 0) is 19.0 Å². The molecular formula is C18H50Br4O6. The minimum Gasteiger partial charge on any atom is -0.397 e. The lowest BCUT2D eigenvalue weighted by Gasteiger charge is -1.76. The van der Waals surface area contributed by atoms with Gasteiger partial charge in [-0.05, 0) is 58.0 Å². The van der Waals surface area contributed by atoms with E-state index in [1.165, 1.54) is 0 Å². The number of carbonyl (C=O) groups excluding carboxylic acids is 1. The van der Waals surface area contributed by atoms with E-state index in [4.69, 9.17) is 15.0 Å². The molecule has 0 unspecified atom stereocenters. The minimum absolute atomic E-state index is 0.250. The first-order valence-electron chi connectivity index (χ1n) is 8.06. The number of ether oxygens (including phenoxy) is 3. The van der Waals surface area contributed by atoms with Crippen LogP contribution in [0.25, 0.3) is 0 Å². The Morgan fingerprint density at radius 3 is 0.571 bits per heavy atom. The van der Waals surface area contributed by atoms with Gasteiger partial charge < -0.3 is 29.2 Å². The number of hydrogen-bond donors (Lipinski definition) is 2. The lowest BCUT2D eigenvalue weighted by molar-refractivity contribution is -0.0980. The first kappa shape index (κ1) is 63.0. The number of aliphatic hydroxyl groups is 2. The van der Waals surface area contributed by atoms with Crippen molar-refractivity contribution in [3.63, 3.8) is 0 Å². The topological polar surface area (TPSA) is 85.2 Å².